The van der Waals surface area contributed by atoms with E-state index in [1.807, 2.05) is 0 Å². The van der Waals surface area contributed by atoms with Gasteiger partial charge in [-0.15, -0.1) is 0 Å². The summed E-state index contributed by atoms with van der Waals surface area (Å²) < 4.78 is 0. The highest BCUT2D eigenvalue weighted by Gasteiger charge is 2.08. The van der Waals surface area contributed by atoms with Crippen molar-refractivity contribution in [2.75, 3.05) is 0 Å². The lowest BCUT2D eigenvalue weighted by Gasteiger charge is -2.17. The van der Waals surface area contributed by atoms with Crippen LogP contribution in [-0.4, -0.2) is 0 Å². The maximum atomic E-state index is 4.07. The predicted molar refractivity (Wildman–Crippen MR) is 177 cm³/mol. The molecule has 0 aliphatic carbocycles. The van der Waals surface area contributed by atoms with E-state index in [4.69, 9.17) is 0 Å². The number of hydrogen-bond acceptors (Lipinski definition) is 0. The summed E-state index contributed by atoms with van der Waals surface area (Å²) in [5, 5.41) is 0. The van der Waals surface area contributed by atoms with Crippen molar-refractivity contribution in [3.63, 3.8) is 0 Å². The SMILES string of the molecule is [CH2]CCCCC(CCCCCCCCCCCCCCCC)CCCCCCCCCCCCCCCC. The first-order valence-corrected chi connectivity index (χ1v) is 18.6. The molecular formula is C38H77. The molecule has 0 heteroatoms. The van der Waals surface area contributed by atoms with Crippen molar-refractivity contribution >= 4 is 0 Å². The lowest BCUT2D eigenvalue weighted by molar-refractivity contribution is 0.368. The van der Waals surface area contributed by atoms with Gasteiger partial charge in [-0.25, -0.2) is 0 Å². The zero-order valence-corrected chi connectivity index (χ0v) is 27.3. The van der Waals surface area contributed by atoms with E-state index >= 15 is 0 Å². The van der Waals surface area contributed by atoms with Gasteiger partial charge in [0.25, 0.3) is 0 Å². The van der Waals surface area contributed by atoms with Gasteiger partial charge in [-0.05, 0) is 5.92 Å². The lowest BCUT2D eigenvalue weighted by Crippen LogP contribution is -2.01. The van der Waals surface area contributed by atoms with E-state index in [0.717, 1.165) is 12.3 Å². The van der Waals surface area contributed by atoms with Crippen molar-refractivity contribution in [1.82, 2.24) is 0 Å². The molecule has 0 nitrogen and oxygen atoms in total. The average Bonchev–Trinajstić information content (AvgIpc) is 2.93. The molecule has 0 aliphatic heterocycles. The van der Waals surface area contributed by atoms with Crippen LogP contribution in [0.4, 0.5) is 0 Å². The Hall–Kier alpha value is 0. The summed E-state index contributed by atoms with van der Waals surface area (Å²) in [6, 6.07) is 0. The fraction of sp³-hybridized carbons (Fsp3) is 0.974. The molecule has 0 atom stereocenters. The molecule has 0 spiro atoms. The Morgan fingerprint density at radius 1 is 0.289 bits per heavy atom. The maximum Gasteiger partial charge on any atom is -0.0414 e. The third-order valence-electron chi connectivity index (χ3n) is 9.04. The van der Waals surface area contributed by atoms with E-state index in [9.17, 15) is 0 Å². The Morgan fingerprint density at radius 2 is 0.500 bits per heavy atom. The minimum absolute atomic E-state index is 1.01. The third-order valence-corrected chi connectivity index (χ3v) is 9.04. The highest BCUT2D eigenvalue weighted by Crippen LogP contribution is 2.24. The summed E-state index contributed by atoms with van der Waals surface area (Å²) in [6.07, 6.45) is 49.6. The third kappa shape index (κ3) is 32.2. The van der Waals surface area contributed by atoms with Gasteiger partial charge < -0.3 is 0 Å². The molecule has 1 radical (unpaired) electrons. The Morgan fingerprint density at radius 3 is 0.737 bits per heavy atom. The van der Waals surface area contributed by atoms with E-state index in [2.05, 4.69) is 20.8 Å². The number of hydrogen-bond donors (Lipinski definition) is 0. The van der Waals surface area contributed by atoms with Crippen molar-refractivity contribution in [2.24, 2.45) is 5.92 Å². The van der Waals surface area contributed by atoms with Crippen LogP contribution in [0.2, 0.25) is 0 Å². The monoisotopic (exact) mass is 534 g/mol. The van der Waals surface area contributed by atoms with Crippen LogP contribution in [0, 0.1) is 12.8 Å². The zero-order valence-electron chi connectivity index (χ0n) is 27.3. The average molecular weight is 534 g/mol. The summed E-state index contributed by atoms with van der Waals surface area (Å²) in [7, 11) is 0. The second-order valence-electron chi connectivity index (χ2n) is 13.0. The molecule has 229 valence electrons. The normalized spacial score (nSPS) is 11.7. The summed E-state index contributed by atoms with van der Waals surface area (Å²) in [4.78, 5) is 0. The summed E-state index contributed by atoms with van der Waals surface area (Å²) >= 11 is 0. The second-order valence-corrected chi connectivity index (χ2v) is 13.0. The van der Waals surface area contributed by atoms with E-state index in [-0.39, 0.29) is 0 Å². The van der Waals surface area contributed by atoms with Crippen LogP contribution < -0.4 is 0 Å². The standard InChI is InChI=1S/C38H77/c1-4-7-10-12-14-16-18-20-22-24-26-28-30-33-36-38(35-32-9-6-3)37-34-31-29-27-25-23-21-19-17-15-13-11-8-5-2/h38H,3-37H2,1-2H3. The topological polar surface area (TPSA) is 0 Å². The van der Waals surface area contributed by atoms with Gasteiger partial charge in [0, 0.05) is 0 Å². The molecule has 0 heterocycles. The molecule has 0 aliphatic rings. The van der Waals surface area contributed by atoms with Gasteiger partial charge in [-0.1, -0.05) is 239 Å². The van der Waals surface area contributed by atoms with E-state index in [1.54, 1.807) is 0 Å². The Balaban J connectivity index is 3.55. The smallest absolute Gasteiger partial charge is 0.0414 e. The van der Waals surface area contributed by atoms with Gasteiger partial charge in [-0.3, -0.25) is 0 Å². The van der Waals surface area contributed by atoms with Gasteiger partial charge in [0.05, 0.1) is 0 Å². The molecule has 0 aromatic carbocycles. The quantitative estimate of drug-likeness (QED) is 0.0721. The number of unbranched alkanes of at least 4 members (excludes halogenated alkanes) is 28. The first-order valence-electron chi connectivity index (χ1n) is 18.6. The van der Waals surface area contributed by atoms with Gasteiger partial charge in [0.2, 0.25) is 0 Å². The lowest BCUT2D eigenvalue weighted by atomic mass is 9.89. The molecule has 0 N–H and O–H groups in total. The molecule has 0 aromatic rings. The first-order chi connectivity index (χ1) is 18.8. The maximum absolute atomic E-state index is 4.07. The summed E-state index contributed by atoms with van der Waals surface area (Å²) in [5.41, 5.74) is 0. The molecule has 0 bridgehead atoms. The van der Waals surface area contributed by atoms with Crippen molar-refractivity contribution in [3.05, 3.63) is 6.92 Å². The number of rotatable bonds is 34. The van der Waals surface area contributed by atoms with Crippen LogP contribution in [-0.2, 0) is 0 Å². The minimum atomic E-state index is 1.01. The zero-order chi connectivity index (χ0) is 27.6. The second kappa shape index (κ2) is 35.0. The molecule has 38 heavy (non-hydrogen) atoms. The Kier molecular flexibility index (Phi) is 35.0. The molecule has 0 amide bonds. The summed E-state index contributed by atoms with van der Waals surface area (Å²) in [6.45, 7) is 8.69. The highest BCUT2D eigenvalue weighted by atomic mass is 14.1. The van der Waals surface area contributed by atoms with E-state index < -0.39 is 0 Å². The molecule has 0 saturated carbocycles. The molecular weight excluding hydrogens is 456 g/mol. The Labute approximate surface area is 244 Å². The van der Waals surface area contributed by atoms with Crippen molar-refractivity contribution in [1.29, 1.82) is 0 Å². The fourth-order valence-corrected chi connectivity index (χ4v) is 6.30. The van der Waals surface area contributed by atoms with Crippen LogP contribution in [0.15, 0.2) is 0 Å². The van der Waals surface area contributed by atoms with E-state index in [1.165, 1.54) is 212 Å². The molecule has 0 unspecified atom stereocenters. The van der Waals surface area contributed by atoms with Crippen molar-refractivity contribution in [2.45, 2.75) is 232 Å². The van der Waals surface area contributed by atoms with Gasteiger partial charge in [-0.2, -0.15) is 0 Å². The minimum Gasteiger partial charge on any atom is -0.0654 e. The van der Waals surface area contributed by atoms with Gasteiger partial charge in [0.1, 0.15) is 0 Å². The molecule has 0 saturated heterocycles. The van der Waals surface area contributed by atoms with Crippen LogP contribution >= 0.6 is 0 Å². The first kappa shape index (κ1) is 38.0. The van der Waals surface area contributed by atoms with Crippen LogP contribution in [0.5, 0.6) is 0 Å². The predicted octanol–water partition coefficient (Wildman–Crippen LogP) is 14.7. The van der Waals surface area contributed by atoms with Crippen molar-refractivity contribution < 1.29 is 0 Å². The fourth-order valence-electron chi connectivity index (χ4n) is 6.30. The van der Waals surface area contributed by atoms with Crippen molar-refractivity contribution in [3.8, 4) is 0 Å². The van der Waals surface area contributed by atoms with Crippen LogP contribution in [0.25, 0.3) is 0 Å². The van der Waals surface area contributed by atoms with Crippen LogP contribution in [0.3, 0.4) is 0 Å². The molecule has 0 aromatic heterocycles. The van der Waals surface area contributed by atoms with Crippen LogP contribution in [0.1, 0.15) is 232 Å². The largest absolute Gasteiger partial charge is 0.0654 e. The van der Waals surface area contributed by atoms with E-state index in [0.29, 0.717) is 0 Å². The highest BCUT2D eigenvalue weighted by molar-refractivity contribution is 4.62. The molecule has 0 fully saturated rings. The molecule has 0 rings (SSSR count). The Bertz CT molecular complexity index is 353. The van der Waals surface area contributed by atoms with Gasteiger partial charge >= 0.3 is 0 Å². The summed E-state index contributed by atoms with van der Waals surface area (Å²) in [5.74, 6) is 1.01. The van der Waals surface area contributed by atoms with Gasteiger partial charge in [0.15, 0.2) is 0 Å².